The number of anilines is 1. The van der Waals surface area contributed by atoms with Crippen LogP contribution in [0.2, 0.25) is 0 Å². The minimum absolute atomic E-state index is 0.573. The van der Waals surface area contributed by atoms with E-state index in [0.29, 0.717) is 5.11 Å². The molecule has 0 aliphatic carbocycles. The maximum atomic E-state index is 4.91. The minimum atomic E-state index is 0.573. The number of hydrogen-bond donors (Lipinski definition) is 1. The molecule has 0 unspecified atom stereocenters. The van der Waals surface area contributed by atoms with Crippen molar-refractivity contribution in [2.45, 2.75) is 13.8 Å². The highest BCUT2D eigenvalue weighted by Gasteiger charge is 2.19. The first kappa shape index (κ1) is 11.1. The summed E-state index contributed by atoms with van der Waals surface area (Å²) in [5.74, 6) is 0.882. The van der Waals surface area contributed by atoms with Gasteiger partial charge in [-0.1, -0.05) is 12.1 Å². The first-order chi connectivity index (χ1) is 7.76. The van der Waals surface area contributed by atoms with Gasteiger partial charge in [0.1, 0.15) is 5.84 Å². The molecule has 0 saturated carbocycles. The summed E-state index contributed by atoms with van der Waals surface area (Å²) in [4.78, 5) is 6.52. The van der Waals surface area contributed by atoms with Crippen molar-refractivity contribution in [2.24, 2.45) is 4.99 Å². The molecule has 1 N–H and O–H groups in total. The van der Waals surface area contributed by atoms with Crippen molar-refractivity contribution < 1.29 is 0 Å². The highest BCUT2D eigenvalue weighted by molar-refractivity contribution is 7.80. The molecular weight excluding hydrogens is 218 g/mol. The number of para-hydroxylation sites is 1. The van der Waals surface area contributed by atoms with Crippen LogP contribution in [0.3, 0.4) is 0 Å². The van der Waals surface area contributed by atoms with Gasteiger partial charge in [0, 0.05) is 24.3 Å². The summed E-state index contributed by atoms with van der Waals surface area (Å²) >= 11 is 4.91. The first-order valence-electron chi connectivity index (χ1n) is 5.50. The molecule has 0 bridgehead atoms. The van der Waals surface area contributed by atoms with Gasteiger partial charge in [0.2, 0.25) is 0 Å². The Labute approximate surface area is 101 Å². The van der Waals surface area contributed by atoms with Crippen molar-refractivity contribution in [3.05, 3.63) is 29.8 Å². The molecule has 0 saturated heterocycles. The van der Waals surface area contributed by atoms with Crippen LogP contribution in [0.5, 0.6) is 0 Å². The number of thiocarbonyl (C=S) groups is 1. The molecule has 0 atom stereocenters. The van der Waals surface area contributed by atoms with Gasteiger partial charge in [-0.3, -0.25) is 0 Å². The second-order valence-corrected chi connectivity index (χ2v) is 3.97. The minimum Gasteiger partial charge on any atom is -0.371 e. The SMILES string of the molecule is CCN(CC)c1ccccc1C1=NC(=S)N1. The van der Waals surface area contributed by atoms with Crippen LogP contribution < -0.4 is 10.2 Å². The lowest BCUT2D eigenvalue weighted by atomic mass is 10.1. The molecule has 1 aromatic carbocycles. The Morgan fingerprint density at radius 2 is 1.88 bits per heavy atom. The van der Waals surface area contributed by atoms with Crippen LogP contribution in [0.4, 0.5) is 5.69 Å². The van der Waals surface area contributed by atoms with Crippen LogP contribution in [0.15, 0.2) is 29.3 Å². The average Bonchev–Trinajstić information content (AvgIpc) is 2.28. The summed E-state index contributed by atoms with van der Waals surface area (Å²) < 4.78 is 0. The van der Waals surface area contributed by atoms with E-state index < -0.39 is 0 Å². The number of rotatable bonds is 4. The quantitative estimate of drug-likeness (QED) is 0.808. The molecule has 1 aliphatic rings. The fourth-order valence-corrected chi connectivity index (χ4v) is 2.04. The van der Waals surface area contributed by atoms with Crippen molar-refractivity contribution in [2.75, 3.05) is 18.0 Å². The maximum absolute atomic E-state index is 4.91. The van der Waals surface area contributed by atoms with E-state index in [-0.39, 0.29) is 0 Å². The molecule has 1 aromatic rings. The maximum Gasteiger partial charge on any atom is 0.200 e. The third-order valence-corrected chi connectivity index (χ3v) is 2.90. The lowest BCUT2D eigenvalue weighted by molar-refractivity contribution is 0.864. The lowest BCUT2D eigenvalue weighted by Gasteiger charge is -2.26. The molecular formula is C12H15N3S. The van der Waals surface area contributed by atoms with Gasteiger partial charge < -0.3 is 10.2 Å². The fraction of sp³-hybridized carbons (Fsp3) is 0.333. The van der Waals surface area contributed by atoms with Gasteiger partial charge in [0.15, 0.2) is 5.11 Å². The Balaban J connectivity index is 2.38. The van der Waals surface area contributed by atoms with Crippen molar-refractivity contribution in [1.82, 2.24) is 5.32 Å². The van der Waals surface area contributed by atoms with Crippen LogP contribution in [-0.4, -0.2) is 24.0 Å². The zero-order valence-electron chi connectivity index (χ0n) is 9.53. The Morgan fingerprint density at radius 3 is 2.44 bits per heavy atom. The third kappa shape index (κ3) is 1.93. The van der Waals surface area contributed by atoms with E-state index in [1.807, 2.05) is 6.07 Å². The molecule has 84 valence electrons. The molecule has 1 heterocycles. The standard InChI is InChI=1S/C12H15N3S/c1-3-15(4-2)10-8-6-5-7-9(10)11-13-12(16)14-11/h5-8H,3-4H2,1-2H3,(H,13,14,16). The summed E-state index contributed by atoms with van der Waals surface area (Å²) in [7, 11) is 0. The second-order valence-electron chi connectivity index (χ2n) is 3.58. The molecule has 1 aliphatic heterocycles. The van der Waals surface area contributed by atoms with E-state index in [4.69, 9.17) is 12.2 Å². The Hall–Kier alpha value is -1.42. The number of amidine groups is 1. The predicted octanol–water partition coefficient (Wildman–Crippen LogP) is 2.17. The summed E-state index contributed by atoms with van der Waals surface area (Å²) in [6, 6.07) is 8.26. The number of benzene rings is 1. The third-order valence-electron chi connectivity index (χ3n) is 2.70. The summed E-state index contributed by atoms with van der Waals surface area (Å²) in [6.07, 6.45) is 0. The molecule has 3 nitrogen and oxygen atoms in total. The van der Waals surface area contributed by atoms with E-state index in [0.717, 1.165) is 24.5 Å². The highest BCUT2D eigenvalue weighted by atomic mass is 32.1. The molecule has 0 spiro atoms. The van der Waals surface area contributed by atoms with Gasteiger partial charge in [-0.25, -0.2) is 4.99 Å². The van der Waals surface area contributed by atoms with Gasteiger partial charge >= 0.3 is 0 Å². The topological polar surface area (TPSA) is 27.6 Å². The smallest absolute Gasteiger partial charge is 0.200 e. The first-order valence-corrected chi connectivity index (χ1v) is 5.91. The number of hydrogen-bond acceptors (Lipinski definition) is 2. The van der Waals surface area contributed by atoms with E-state index >= 15 is 0 Å². The van der Waals surface area contributed by atoms with Gasteiger partial charge in [0.05, 0.1) is 0 Å². The zero-order valence-corrected chi connectivity index (χ0v) is 10.3. The van der Waals surface area contributed by atoms with Gasteiger partial charge in [-0.05, 0) is 38.2 Å². The molecule has 0 radical (unpaired) electrons. The van der Waals surface area contributed by atoms with Gasteiger partial charge in [0.25, 0.3) is 0 Å². The van der Waals surface area contributed by atoms with Crippen molar-refractivity contribution in [1.29, 1.82) is 0 Å². The van der Waals surface area contributed by atoms with E-state index in [9.17, 15) is 0 Å². The van der Waals surface area contributed by atoms with Crippen LogP contribution in [0.1, 0.15) is 19.4 Å². The largest absolute Gasteiger partial charge is 0.371 e. The summed E-state index contributed by atoms with van der Waals surface area (Å²) in [6.45, 7) is 6.29. The average molecular weight is 233 g/mol. The van der Waals surface area contributed by atoms with Gasteiger partial charge in [-0.2, -0.15) is 0 Å². The monoisotopic (exact) mass is 233 g/mol. The van der Waals surface area contributed by atoms with Crippen molar-refractivity contribution in [3.8, 4) is 0 Å². The molecule has 0 aromatic heterocycles. The Bertz CT molecular complexity index is 436. The number of nitrogens with zero attached hydrogens (tertiary/aromatic N) is 2. The summed E-state index contributed by atoms with van der Waals surface area (Å²) in [5.41, 5.74) is 2.33. The van der Waals surface area contributed by atoms with E-state index in [1.54, 1.807) is 0 Å². The second kappa shape index (κ2) is 4.61. The van der Waals surface area contributed by atoms with E-state index in [2.05, 4.69) is 47.3 Å². The van der Waals surface area contributed by atoms with Crippen LogP contribution in [-0.2, 0) is 0 Å². The van der Waals surface area contributed by atoms with Gasteiger partial charge in [-0.15, -0.1) is 0 Å². The molecule has 0 amide bonds. The lowest BCUT2D eigenvalue weighted by Crippen LogP contribution is -2.40. The van der Waals surface area contributed by atoms with Crippen LogP contribution in [0, 0.1) is 0 Å². The van der Waals surface area contributed by atoms with E-state index in [1.165, 1.54) is 5.69 Å². The molecule has 0 fully saturated rings. The highest BCUT2D eigenvalue weighted by Crippen LogP contribution is 2.22. The molecule has 2 rings (SSSR count). The summed E-state index contributed by atoms with van der Waals surface area (Å²) in [5, 5.41) is 3.63. The predicted molar refractivity (Wildman–Crippen MR) is 72.3 cm³/mol. The normalized spacial score (nSPS) is 13.9. The van der Waals surface area contributed by atoms with Crippen molar-refractivity contribution >= 4 is 28.9 Å². The number of nitrogens with one attached hydrogen (secondary N) is 1. The van der Waals surface area contributed by atoms with Crippen LogP contribution >= 0.6 is 12.2 Å². The Morgan fingerprint density at radius 1 is 1.25 bits per heavy atom. The van der Waals surface area contributed by atoms with Crippen LogP contribution in [0.25, 0.3) is 0 Å². The Kier molecular flexibility index (Phi) is 3.19. The van der Waals surface area contributed by atoms with Crippen molar-refractivity contribution in [3.63, 3.8) is 0 Å². The zero-order chi connectivity index (χ0) is 11.5. The fourth-order valence-electron chi connectivity index (χ4n) is 1.85. The molecule has 4 heteroatoms. The number of aliphatic imine (C=N–C) groups is 1. The molecule has 16 heavy (non-hydrogen) atoms.